The Kier molecular flexibility index (Phi) is 6.16. The summed E-state index contributed by atoms with van der Waals surface area (Å²) >= 11 is 7.05. The van der Waals surface area contributed by atoms with Gasteiger partial charge in [-0.05, 0) is 43.2 Å². The molecule has 0 aliphatic carbocycles. The van der Waals surface area contributed by atoms with Crippen molar-refractivity contribution >= 4 is 51.7 Å². The number of nitro groups is 1. The molecule has 1 amide bonds. The Morgan fingerprint density at radius 3 is 2.82 bits per heavy atom. The van der Waals surface area contributed by atoms with Gasteiger partial charge in [0, 0.05) is 11.1 Å². The van der Waals surface area contributed by atoms with Crippen molar-refractivity contribution in [2.75, 3.05) is 11.1 Å². The van der Waals surface area contributed by atoms with Crippen LogP contribution in [0.1, 0.15) is 11.1 Å². The van der Waals surface area contributed by atoms with Crippen LogP contribution in [0, 0.1) is 24.0 Å². The standard InChI is InChI=1S/C21H17ClN6O4S/c1-11-6-7-16(28(31)32)18(12(11)2)24-17(29)10-33-21-25-19-15(20(30)26-21)9-23-27(19)14-5-3-4-13(22)8-14/h3-9H,10H2,1-2H3,(H,24,29)(H,25,26,30). The van der Waals surface area contributed by atoms with E-state index in [0.717, 1.165) is 17.3 Å². The van der Waals surface area contributed by atoms with E-state index in [2.05, 4.69) is 20.4 Å². The molecule has 0 spiro atoms. The third-order valence-corrected chi connectivity index (χ3v) is 6.09. The number of hydrogen-bond acceptors (Lipinski definition) is 7. The van der Waals surface area contributed by atoms with Gasteiger partial charge >= 0.3 is 0 Å². The summed E-state index contributed by atoms with van der Waals surface area (Å²) in [7, 11) is 0. The fourth-order valence-electron chi connectivity index (χ4n) is 3.18. The summed E-state index contributed by atoms with van der Waals surface area (Å²) in [5, 5.41) is 19.2. The van der Waals surface area contributed by atoms with Gasteiger partial charge in [-0.15, -0.1) is 0 Å². The maximum atomic E-state index is 12.5. The molecule has 0 aliphatic heterocycles. The zero-order chi connectivity index (χ0) is 23.7. The largest absolute Gasteiger partial charge is 0.319 e. The molecule has 0 saturated carbocycles. The number of nitrogens with zero attached hydrogens (tertiary/aromatic N) is 4. The maximum absolute atomic E-state index is 12.5. The van der Waals surface area contributed by atoms with Crippen LogP contribution < -0.4 is 10.9 Å². The molecule has 0 aliphatic rings. The molecule has 0 unspecified atom stereocenters. The van der Waals surface area contributed by atoms with E-state index in [1.807, 2.05) is 0 Å². The van der Waals surface area contributed by atoms with Crippen LogP contribution in [0.5, 0.6) is 0 Å². The van der Waals surface area contributed by atoms with Gasteiger partial charge < -0.3 is 10.3 Å². The normalized spacial score (nSPS) is 11.0. The molecule has 2 aromatic carbocycles. The molecule has 4 aromatic rings. The molecule has 0 atom stereocenters. The van der Waals surface area contributed by atoms with Crippen molar-refractivity contribution in [1.29, 1.82) is 0 Å². The lowest BCUT2D eigenvalue weighted by Crippen LogP contribution is -2.17. The first-order valence-electron chi connectivity index (χ1n) is 9.66. The Bertz CT molecular complexity index is 1470. The number of carbonyl (C=O) groups excluding carboxylic acids is 1. The number of rotatable bonds is 6. The van der Waals surface area contributed by atoms with Crippen molar-refractivity contribution in [1.82, 2.24) is 19.7 Å². The summed E-state index contributed by atoms with van der Waals surface area (Å²) in [5.41, 5.74) is 1.94. The number of aryl methyl sites for hydroxylation is 1. The lowest BCUT2D eigenvalue weighted by Gasteiger charge is -2.11. The summed E-state index contributed by atoms with van der Waals surface area (Å²) in [4.78, 5) is 42.9. The second-order valence-corrected chi connectivity index (χ2v) is 8.54. The van der Waals surface area contributed by atoms with E-state index >= 15 is 0 Å². The number of nitrogens with one attached hydrogen (secondary N) is 2. The number of hydrogen-bond donors (Lipinski definition) is 2. The van der Waals surface area contributed by atoms with Crippen LogP contribution in [0.2, 0.25) is 5.02 Å². The number of aromatic amines is 1. The van der Waals surface area contributed by atoms with Crippen LogP contribution in [0.4, 0.5) is 11.4 Å². The molecule has 0 saturated heterocycles. The monoisotopic (exact) mass is 484 g/mol. The molecule has 12 heteroatoms. The zero-order valence-electron chi connectivity index (χ0n) is 17.5. The van der Waals surface area contributed by atoms with E-state index in [9.17, 15) is 19.7 Å². The van der Waals surface area contributed by atoms with Gasteiger partial charge in [-0.25, -0.2) is 9.67 Å². The van der Waals surface area contributed by atoms with Crippen LogP contribution in [0.25, 0.3) is 16.7 Å². The first-order chi connectivity index (χ1) is 15.7. The summed E-state index contributed by atoms with van der Waals surface area (Å²) in [6.45, 7) is 3.51. The third-order valence-electron chi connectivity index (χ3n) is 4.98. The minimum atomic E-state index is -0.543. The number of H-pyrrole nitrogens is 1. The number of halogens is 1. The molecule has 168 valence electrons. The van der Waals surface area contributed by atoms with Crippen molar-refractivity contribution in [2.45, 2.75) is 19.0 Å². The van der Waals surface area contributed by atoms with Crippen molar-refractivity contribution in [2.24, 2.45) is 0 Å². The van der Waals surface area contributed by atoms with Gasteiger partial charge in [-0.1, -0.05) is 35.5 Å². The predicted molar refractivity (Wildman–Crippen MR) is 126 cm³/mol. The molecular weight excluding hydrogens is 468 g/mol. The molecule has 10 nitrogen and oxygen atoms in total. The van der Waals surface area contributed by atoms with Gasteiger partial charge in [0.05, 0.1) is 22.6 Å². The van der Waals surface area contributed by atoms with Crippen LogP contribution >= 0.6 is 23.4 Å². The van der Waals surface area contributed by atoms with Gasteiger partial charge in [0.25, 0.3) is 11.2 Å². The van der Waals surface area contributed by atoms with Crippen LogP contribution in [-0.2, 0) is 4.79 Å². The number of carbonyl (C=O) groups is 1. The number of aromatic nitrogens is 4. The SMILES string of the molecule is Cc1ccc([N+](=O)[O-])c(NC(=O)CSc2nc3c(cnn3-c3cccc(Cl)c3)c(=O)[nH]2)c1C. The second-order valence-electron chi connectivity index (χ2n) is 7.14. The van der Waals surface area contributed by atoms with Crippen molar-refractivity contribution in [3.8, 4) is 5.69 Å². The average Bonchev–Trinajstić information content (AvgIpc) is 3.20. The zero-order valence-corrected chi connectivity index (χ0v) is 19.0. The number of anilines is 1. The van der Waals surface area contributed by atoms with Crippen molar-refractivity contribution < 1.29 is 9.72 Å². The summed E-state index contributed by atoms with van der Waals surface area (Å²) in [6.07, 6.45) is 1.41. The highest BCUT2D eigenvalue weighted by atomic mass is 35.5. The third kappa shape index (κ3) is 4.59. The fourth-order valence-corrected chi connectivity index (χ4v) is 4.02. The summed E-state index contributed by atoms with van der Waals surface area (Å²) < 4.78 is 1.49. The van der Waals surface area contributed by atoms with Gasteiger partial charge in [0.2, 0.25) is 5.91 Å². The topological polar surface area (TPSA) is 136 Å². The van der Waals surface area contributed by atoms with Gasteiger partial charge in [0.15, 0.2) is 10.8 Å². The summed E-state index contributed by atoms with van der Waals surface area (Å²) in [5.74, 6) is -0.590. The molecule has 2 heterocycles. The first kappa shape index (κ1) is 22.5. The van der Waals surface area contributed by atoms with E-state index in [-0.39, 0.29) is 27.7 Å². The van der Waals surface area contributed by atoms with E-state index in [0.29, 0.717) is 21.9 Å². The number of thioether (sulfide) groups is 1. The first-order valence-corrected chi connectivity index (χ1v) is 11.0. The lowest BCUT2D eigenvalue weighted by molar-refractivity contribution is -0.384. The quantitative estimate of drug-likeness (QED) is 0.182. The minimum absolute atomic E-state index is 0.121. The molecule has 2 aromatic heterocycles. The highest BCUT2D eigenvalue weighted by Gasteiger charge is 2.20. The number of nitro benzene ring substituents is 1. The molecule has 33 heavy (non-hydrogen) atoms. The molecule has 0 fully saturated rings. The Morgan fingerprint density at radius 1 is 1.30 bits per heavy atom. The Morgan fingerprint density at radius 2 is 2.09 bits per heavy atom. The predicted octanol–water partition coefficient (Wildman–Crippen LogP) is 4.02. The number of amides is 1. The highest BCUT2D eigenvalue weighted by molar-refractivity contribution is 7.99. The maximum Gasteiger partial charge on any atom is 0.293 e. The number of benzene rings is 2. The molecule has 4 rings (SSSR count). The molecular formula is C21H17ClN6O4S. The Labute approximate surface area is 196 Å². The van der Waals surface area contributed by atoms with E-state index in [4.69, 9.17) is 11.6 Å². The number of fused-ring (bicyclic) bond motifs is 1. The smallest absolute Gasteiger partial charge is 0.293 e. The van der Waals surface area contributed by atoms with E-state index in [1.165, 1.54) is 16.9 Å². The Balaban J connectivity index is 1.58. The minimum Gasteiger partial charge on any atom is -0.319 e. The van der Waals surface area contributed by atoms with Crippen LogP contribution in [0.15, 0.2) is 52.5 Å². The van der Waals surface area contributed by atoms with Crippen LogP contribution in [0.3, 0.4) is 0 Å². The second kappa shape index (κ2) is 9.04. The van der Waals surface area contributed by atoms with Gasteiger partial charge in [-0.2, -0.15) is 5.10 Å². The van der Waals surface area contributed by atoms with Crippen molar-refractivity contribution in [3.05, 3.63) is 79.2 Å². The fraction of sp³-hybridized carbons (Fsp3) is 0.143. The molecule has 0 bridgehead atoms. The van der Waals surface area contributed by atoms with Crippen LogP contribution in [-0.4, -0.2) is 36.3 Å². The van der Waals surface area contributed by atoms with E-state index in [1.54, 1.807) is 44.2 Å². The molecule has 0 radical (unpaired) electrons. The van der Waals surface area contributed by atoms with Gasteiger partial charge in [-0.3, -0.25) is 19.7 Å². The Hall–Kier alpha value is -3.70. The average molecular weight is 485 g/mol. The highest BCUT2D eigenvalue weighted by Crippen LogP contribution is 2.30. The molecule has 2 N–H and O–H groups in total. The lowest BCUT2D eigenvalue weighted by atomic mass is 10.1. The van der Waals surface area contributed by atoms with Crippen molar-refractivity contribution in [3.63, 3.8) is 0 Å². The van der Waals surface area contributed by atoms with E-state index < -0.39 is 16.4 Å². The summed E-state index contributed by atoms with van der Waals surface area (Å²) in [6, 6.07) is 9.93. The van der Waals surface area contributed by atoms with Gasteiger partial charge in [0.1, 0.15) is 11.1 Å².